The number of aromatic amines is 1. The number of tetrazole rings is 1. The zero-order chi connectivity index (χ0) is 14.2. The van der Waals surface area contributed by atoms with Crippen LogP contribution >= 0.6 is 0 Å². The summed E-state index contributed by atoms with van der Waals surface area (Å²) < 4.78 is 1.42. The van der Waals surface area contributed by atoms with Crippen molar-refractivity contribution in [2.75, 3.05) is 0 Å². The van der Waals surface area contributed by atoms with Crippen molar-refractivity contribution in [1.82, 2.24) is 30.4 Å². The van der Waals surface area contributed by atoms with Gasteiger partial charge in [-0.15, -0.1) is 5.10 Å². The zero-order valence-corrected chi connectivity index (χ0v) is 10.5. The van der Waals surface area contributed by atoms with Gasteiger partial charge in [0, 0.05) is 6.07 Å². The standard InChI is InChI=1S/C11H12N6O3/c18-8-3-2-7(12-13-8)9-14-15-16-17(9)6-11(10(19)20)4-1-5-11/h2-3H,1,4-6H2,(H,13,18)(H,19,20). The van der Waals surface area contributed by atoms with Crippen molar-refractivity contribution in [2.24, 2.45) is 5.41 Å². The Labute approximate surface area is 112 Å². The SMILES string of the molecule is O=C(O)C1(Cn2nnnc2-c2ccc(=O)[nH]n2)CCC1. The predicted octanol–water partition coefficient (Wildman–Crippen LogP) is -0.322. The molecule has 0 radical (unpaired) electrons. The first-order valence-corrected chi connectivity index (χ1v) is 6.16. The summed E-state index contributed by atoms with van der Waals surface area (Å²) in [5.41, 5.74) is -0.727. The zero-order valence-electron chi connectivity index (χ0n) is 10.5. The molecule has 2 aromatic heterocycles. The first-order valence-electron chi connectivity index (χ1n) is 6.16. The average molecular weight is 276 g/mol. The number of hydrogen-bond donors (Lipinski definition) is 2. The van der Waals surface area contributed by atoms with Gasteiger partial charge in [-0.25, -0.2) is 9.78 Å². The minimum atomic E-state index is -0.834. The summed E-state index contributed by atoms with van der Waals surface area (Å²) in [6.07, 6.45) is 2.11. The van der Waals surface area contributed by atoms with Crippen molar-refractivity contribution >= 4 is 5.97 Å². The lowest BCUT2D eigenvalue weighted by Crippen LogP contribution is -2.42. The molecular formula is C11H12N6O3. The fraction of sp³-hybridized carbons (Fsp3) is 0.455. The van der Waals surface area contributed by atoms with Crippen molar-refractivity contribution in [3.63, 3.8) is 0 Å². The molecule has 3 rings (SSSR count). The highest BCUT2D eigenvalue weighted by molar-refractivity contribution is 5.75. The molecule has 2 heterocycles. The molecule has 2 aromatic rings. The van der Waals surface area contributed by atoms with Crippen LogP contribution in [0.5, 0.6) is 0 Å². The van der Waals surface area contributed by atoms with Gasteiger partial charge in [-0.1, -0.05) is 6.42 Å². The van der Waals surface area contributed by atoms with Crippen LogP contribution in [0.2, 0.25) is 0 Å². The number of carboxylic acids is 1. The second-order valence-electron chi connectivity index (χ2n) is 4.91. The van der Waals surface area contributed by atoms with Gasteiger partial charge in [-0.3, -0.25) is 9.59 Å². The van der Waals surface area contributed by atoms with E-state index in [0.29, 0.717) is 24.4 Å². The van der Waals surface area contributed by atoms with Crippen LogP contribution in [0, 0.1) is 5.41 Å². The summed E-state index contributed by atoms with van der Waals surface area (Å²) in [4.78, 5) is 22.4. The molecule has 0 aliphatic heterocycles. The number of nitrogens with one attached hydrogen (secondary N) is 1. The van der Waals surface area contributed by atoms with Crippen LogP contribution in [0.1, 0.15) is 19.3 Å². The smallest absolute Gasteiger partial charge is 0.311 e. The van der Waals surface area contributed by atoms with E-state index in [1.807, 2.05) is 0 Å². The predicted molar refractivity (Wildman–Crippen MR) is 65.6 cm³/mol. The molecule has 1 saturated carbocycles. The Morgan fingerprint density at radius 2 is 2.25 bits per heavy atom. The summed E-state index contributed by atoms with van der Waals surface area (Å²) in [5.74, 6) is -0.492. The number of nitrogens with zero attached hydrogens (tertiary/aromatic N) is 5. The molecule has 0 amide bonds. The molecule has 0 saturated heterocycles. The minimum absolute atomic E-state index is 0.200. The molecule has 0 aromatic carbocycles. The molecular weight excluding hydrogens is 264 g/mol. The Bertz CT molecular complexity index is 682. The van der Waals surface area contributed by atoms with E-state index in [1.165, 1.54) is 16.8 Å². The second kappa shape index (κ2) is 4.51. The number of aliphatic carboxylic acids is 1. The highest BCUT2D eigenvalue weighted by Crippen LogP contribution is 2.42. The molecule has 1 aliphatic carbocycles. The monoisotopic (exact) mass is 276 g/mol. The third-order valence-electron chi connectivity index (χ3n) is 3.66. The number of carboxylic acid groups (broad SMARTS) is 1. The quantitative estimate of drug-likeness (QED) is 0.783. The van der Waals surface area contributed by atoms with Crippen LogP contribution in [0.25, 0.3) is 11.5 Å². The Kier molecular flexibility index (Phi) is 2.81. The lowest BCUT2D eigenvalue weighted by Gasteiger charge is -2.37. The molecule has 0 bridgehead atoms. The molecule has 0 atom stereocenters. The van der Waals surface area contributed by atoms with E-state index in [4.69, 9.17) is 0 Å². The van der Waals surface area contributed by atoms with Crippen LogP contribution in [-0.2, 0) is 11.3 Å². The lowest BCUT2D eigenvalue weighted by molar-refractivity contribution is -0.156. The maximum absolute atomic E-state index is 11.4. The summed E-state index contributed by atoms with van der Waals surface area (Å²) in [6, 6.07) is 2.81. The van der Waals surface area contributed by atoms with E-state index >= 15 is 0 Å². The van der Waals surface area contributed by atoms with Crippen LogP contribution in [0.3, 0.4) is 0 Å². The van der Waals surface area contributed by atoms with Crippen LogP contribution in [0.4, 0.5) is 0 Å². The van der Waals surface area contributed by atoms with E-state index < -0.39 is 11.4 Å². The third-order valence-corrected chi connectivity index (χ3v) is 3.66. The Morgan fingerprint density at radius 3 is 2.80 bits per heavy atom. The van der Waals surface area contributed by atoms with Crippen molar-refractivity contribution in [1.29, 1.82) is 0 Å². The highest BCUT2D eigenvalue weighted by Gasteiger charge is 2.45. The maximum Gasteiger partial charge on any atom is 0.311 e. The van der Waals surface area contributed by atoms with Crippen LogP contribution < -0.4 is 5.56 Å². The second-order valence-corrected chi connectivity index (χ2v) is 4.91. The molecule has 9 nitrogen and oxygen atoms in total. The molecule has 9 heteroatoms. The largest absolute Gasteiger partial charge is 0.481 e. The highest BCUT2D eigenvalue weighted by atomic mass is 16.4. The summed E-state index contributed by atoms with van der Waals surface area (Å²) in [5, 5.41) is 26.7. The summed E-state index contributed by atoms with van der Waals surface area (Å²) in [6.45, 7) is 0.200. The van der Waals surface area contributed by atoms with E-state index in [0.717, 1.165) is 6.42 Å². The van der Waals surface area contributed by atoms with Crippen LogP contribution in [-0.4, -0.2) is 41.5 Å². The fourth-order valence-electron chi connectivity index (χ4n) is 2.29. The van der Waals surface area contributed by atoms with Crippen molar-refractivity contribution < 1.29 is 9.90 Å². The Hall–Kier alpha value is -2.58. The van der Waals surface area contributed by atoms with Crippen molar-refractivity contribution in [3.8, 4) is 11.5 Å². The van der Waals surface area contributed by atoms with Gasteiger partial charge in [0.2, 0.25) is 5.82 Å². The fourth-order valence-corrected chi connectivity index (χ4v) is 2.29. The van der Waals surface area contributed by atoms with Gasteiger partial charge < -0.3 is 5.11 Å². The third kappa shape index (κ3) is 1.96. The van der Waals surface area contributed by atoms with Gasteiger partial charge in [-0.05, 0) is 29.3 Å². The summed E-state index contributed by atoms with van der Waals surface area (Å²) >= 11 is 0. The lowest BCUT2D eigenvalue weighted by atomic mass is 9.69. The molecule has 2 N–H and O–H groups in total. The molecule has 1 aliphatic rings. The topological polar surface area (TPSA) is 127 Å². The summed E-state index contributed by atoms with van der Waals surface area (Å²) in [7, 11) is 0. The van der Waals surface area contributed by atoms with E-state index in [1.54, 1.807) is 0 Å². The Morgan fingerprint density at radius 1 is 1.45 bits per heavy atom. The van der Waals surface area contributed by atoms with Gasteiger partial charge in [0.1, 0.15) is 5.69 Å². The van der Waals surface area contributed by atoms with E-state index in [2.05, 4.69) is 25.7 Å². The molecule has 0 spiro atoms. The molecule has 104 valence electrons. The average Bonchev–Trinajstić information content (AvgIpc) is 2.82. The van der Waals surface area contributed by atoms with Gasteiger partial charge in [-0.2, -0.15) is 5.10 Å². The van der Waals surface area contributed by atoms with E-state index in [-0.39, 0.29) is 12.1 Å². The number of H-pyrrole nitrogens is 1. The molecule has 0 unspecified atom stereocenters. The van der Waals surface area contributed by atoms with Gasteiger partial charge in [0.25, 0.3) is 5.56 Å². The minimum Gasteiger partial charge on any atom is -0.481 e. The number of rotatable bonds is 4. The first-order chi connectivity index (χ1) is 9.61. The van der Waals surface area contributed by atoms with Crippen LogP contribution in [0.15, 0.2) is 16.9 Å². The van der Waals surface area contributed by atoms with E-state index in [9.17, 15) is 14.7 Å². The molecule has 1 fully saturated rings. The number of hydrogen-bond acceptors (Lipinski definition) is 6. The van der Waals surface area contributed by atoms with Gasteiger partial charge in [0.15, 0.2) is 0 Å². The normalized spacial score (nSPS) is 16.6. The number of carbonyl (C=O) groups is 1. The van der Waals surface area contributed by atoms with Crippen molar-refractivity contribution in [3.05, 3.63) is 22.5 Å². The maximum atomic E-state index is 11.4. The molecule has 20 heavy (non-hydrogen) atoms. The van der Waals surface area contributed by atoms with Gasteiger partial charge >= 0.3 is 5.97 Å². The van der Waals surface area contributed by atoms with Crippen molar-refractivity contribution in [2.45, 2.75) is 25.8 Å². The first kappa shape index (κ1) is 12.5. The number of aromatic nitrogens is 6. The Balaban J connectivity index is 1.92. The van der Waals surface area contributed by atoms with Gasteiger partial charge in [0.05, 0.1) is 12.0 Å².